The van der Waals surface area contributed by atoms with Crippen LogP contribution in [0.4, 0.5) is 15.9 Å². The lowest BCUT2D eigenvalue weighted by Crippen LogP contribution is -2.02. The molecule has 6 heteroatoms. The van der Waals surface area contributed by atoms with Crippen LogP contribution < -0.4 is 5.32 Å². The Balaban J connectivity index is 2.35. The zero-order valence-corrected chi connectivity index (χ0v) is 12.6. The third-order valence-corrected chi connectivity index (χ3v) is 3.56. The van der Waals surface area contributed by atoms with E-state index in [-0.39, 0.29) is 5.82 Å². The molecule has 0 unspecified atom stereocenters. The highest BCUT2D eigenvalue weighted by Crippen LogP contribution is 2.29. The Kier molecular flexibility index (Phi) is 4.71. The molecule has 0 atom stereocenters. The van der Waals surface area contributed by atoms with Crippen molar-refractivity contribution >= 4 is 39.0 Å². The van der Waals surface area contributed by atoms with E-state index in [4.69, 9.17) is 11.6 Å². The highest BCUT2D eigenvalue weighted by Gasteiger charge is 2.10. The first kappa shape index (κ1) is 14.2. The van der Waals surface area contributed by atoms with Gasteiger partial charge in [-0.2, -0.15) is 0 Å². The number of rotatable bonds is 4. The Morgan fingerprint density at radius 1 is 1.37 bits per heavy atom. The molecule has 0 saturated carbocycles. The van der Waals surface area contributed by atoms with Crippen LogP contribution in [-0.4, -0.2) is 9.97 Å². The molecule has 0 spiro atoms. The molecular formula is C13H12BrClFN3. The van der Waals surface area contributed by atoms with Crippen LogP contribution in [0.2, 0.25) is 5.15 Å². The van der Waals surface area contributed by atoms with E-state index >= 15 is 0 Å². The summed E-state index contributed by atoms with van der Waals surface area (Å²) >= 11 is 9.38. The maximum absolute atomic E-state index is 13.0. The number of nitrogens with one attached hydrogen (secondary N) is 1. The minimum absolute atomic E-state index is 0.299. The second-order valence-electron chi connectivity index (χ2n) is 3.99. The molecule has 0 aliphatic rings. The summed E-state index contributed by atoms with van der Waals surface area (Å²) in [6.07, 6.45) is 3.12. The highest BCUT2D eigenvalue weighted by molar-refractivity contribution is 9.10. The fourth-order valence-corrected chi connectivity index (χ4v) is 2.37. The Bertz CT molecular complexity index is 592. The zero-order valence-electron chi connectivity index (χ0n) is 10.3. The Morgan fingerprint density at radius 3 is 2.84 bits per heavy atom. The number of anilines is 2. The van der Waals surface area contributed by atoms with Gasteiger partial charge in [0, 0.05) is 10.0 Å². The van der Waals surface area contributed by atoms with Gasteiger partial charge < -0.3 is 5.32 Å². The number of hydrogen-bond acceptors (Lipinski definition) is 3. The quantitative estimate of drug-likeness (QED) is 0.815. The minimum Gasteiger partial charge on any atom is -0.339 e. The van der Waals surface area contributed by atoms with Crippen LogP contribution in [-0.2, 0) is 6.42 Å². The summed E-state index contributed by atoms with van der Waals surface area (Å²) in [6.45, 7) is 2.06. The summed E-state index contributed by atoms with van der Waals surface area (Å²) in [4.78, 5) is 8.17. The molecular weight excluding hydrogens is 333 g/mol. The molecule has 0 fully saturated rings. The number of halogens is 3. The van der Waals surface area contributed by atoms with Gasteiger partial charge in [0.05, 0.1) is 5.69 Å². The summed E-state index contributed by atoms with van der Waals surface area (Å²) < 4.78 is 13.7. The van der Waals surface area contributed by atoms with Gasteiger partial charge in [0.15, 0.2) is 0 Å². The average Bonchev–Trinajstić information content (AvgIpc) is 2.37. The molecule has 0 aliphatic carbocycles. The van der Waals surface area contributed by atoms with E-state index in [9.17, 15) is 4.39 Å². The van der Waals surface area contributed by atoms with Crippen LogP contribution in [0.1, 0.15) is 18.9 Å². The van der Waals surface area contributed by atoms with Gasteiger partial charge in [0.1, 0.15) is 23.1 Å². The van der Waals surface area contributed by atoms with E-state index in [1.54, 1.807) is 6.07 Å². The van der Waals surface area contributed by atoms with E-state index in [1.807, 2.05) is 0 Å². The number of aromatic nitrogens is 2. The van der Waals surface area contributed by atoms with Crippen molar-refractivity contribution in [2.75, 3.05) is 5.32 Å². The number of benzene rings is 1. The lowest BCUT2D eigenvalue weighted by atomic mass is 10.2. The number of nitrogens with zero attached hydrogens (tertiary/aromatic N) is 2. The van der Waals surface area contributed by atoms with Gasteiger partial charge in [-0.15, -0.1) is 0 Å². The van der Waals surface area contributed by atoms with Gasteiger partial charge in [0.25, 0.3) is 0 Å². The predicted octanol–water partition coefficient (Wildman–Crippen LogP) is 4.73. The van der Waals surface area contributed by atoms with Crippen molar-refractivity contribution in [2.45, 2.75) is 19.8 Å². The monoisotopic (exact) mass is 343 g/mol. The van der Waals surface area contributed by atoms with Gasteiger partial charge >= 0.3 is 0 Å². The maximum Gasteiger partial charge on any atom is 0.138 e. The molecule has 0 aliphatic heterocycles. The van der Waals surface area contributed by atoms with Gasteiger partial charge in [-0.05, 0) is 40.5 Å². The topological polar surface area (TPSA) is 37.8 Å². The van der Waals surface area contributed by atoms with E-state index in [1.165, 1.54) is 18.5 Å². The standard InChI is InChI=1S/C13H12BrClFN3/c1-2-3-9-12(15)17-7-18-13(9)19-11-5-4-8(16)6-10(11)14/h4-7H,2-3H2,1H3,(H,17,18,19). The second kappa shape index (κ2) is 6.30. The number of hydrogen-bond donors (Lipinski definition) is 1. The van der Waals surface area contributed by atoms with Gasteiger partial charge in [-0.25, -0.2) is 14.4 Å². The van der Waals surface area contributed by atoms with E-state index in [2.05, 4.69) is 38.1 Å². The smallest absolute Gasteiger partial charge is 0.138 e. The summed E-state index contributed by atoms with van der Waals surface area (Å²) in [7, 11) is 0. The van der Waals surface area contributed by atoms with E-state index in [0.29, 0.717) is 15.4 Å². The van der Waals surface area contributed by atoms with Crippen molar-refractivity contribution in [3.8, 4) is 0 Å². The van der Waals surface area contributed by atoms with Crippen molar-refractivity contribution in [1.82, 2.24) is 9.97 Å². The van der Waals surface area contributed by atoms with Crippen LogP contribution in [0.3, 0.4) is 0 Å². The highest BCUT2D eigenvalue weighted by atomic mass is 79.9. The Hall–Kier alpha value is -1.20. The maximum atomic E-state index is 13.0. The first-order valence-electron chi connectivity index (χ1n) is 5.83. The Labute approximate surface area is 124 Å². The molecule has 19 heavy (non-hydrogen) atoms. The normalized spacial score (nSPS) is 10.5. The molecule has 100 valence electrons. The summed E-state index contributed by atoms with van der Waals surface area (Å²) in [5, 5.41) is 3.59. The van der Waals surface area contributed by atoms with Crippen LogP contribution in [0.15, 0.2) is 29.0 Å². The van der Waals surface area contributed by atoms with Gasteiger partial charge in [-0.1, -0.05) is 24.9 Å². The van der Waals surface area contributed by atoms with Crippen molar-refractivity contribution < 1.29 is 4.39 Å². The first-order chi connectivity index (χ1) is 9.11. The molecule has 0 saturated heterocycles. The van der Waals surface area contributed by atoms with Gasteiger partial charge in [0.2, 0.25) is 0 Å². The zero-order chi connectivity index (χ0) is 13.8. The largest absolute Gasteiger partial charge is 0.339 e. The van der Waals surface area contributed by atoms with Crippen LogP contribution in [0.25, 0.3) is 0 Å². The van der Waals surface area contributed by atoms with Crippen LogP contribution >= 0.6 is 27.5 Å². The van der Waals surface area contributed by atoms with E-state index in [0.717, 1.165) is 24.1 Å². The van der Waals surface area contributed by atoms with Gasteiger partial charge in [-0.3, -0.25) is 0 Å². The SMILES string of the molecule is CCCc1c(Cl)ncnc1Nc1ccc(F)cc1Br. The molecule has 1 heterocycles. The molecule has 1 aromatic heterocycles. The second-order valence-corrected chi connectivity index (χ2v) is 5.20. The summed E-state index contributed by atoms with van der Waals surface area (Å²) in [5.74, 6) is 0.348. The van der Waals surface area contributed by atoms with Crippen molar-refractivity contribution in [2.24, 2.45) is 0 Å². The van der Waals surface area contributed by atoms with E-state index < -0.39 is 0 Å². The molecule has 2 rings (SSSR count). The van der Waals surface area contributed by atoms with Crippen LogP contribution in [0.5, 0.6) is 0 Å². The fourth-order valence-electron chi connectivity index (χ4n) is 1.69. The van der Waals surface area contributed by atoms with Crippen molar-refractivity contribution in [3.05, 3.63) is 45.5 Å². The fraction of sp³-hybridized carbons (Fsp3) is 0.231. The predicted molar refractivity (Wildman–Crippen MR) is 78.4 cm³/mol. The summed E-state index contributed by atoms with van der Waals surface area (Å²) in [5.41, 5.74) is 1.59. The lowest BCUT2D eigenvalue weighted by Gasteiger charge is -2.12. The molecule has 0 bridgehead atoms. The summed E-state index contributed by atoms with van der Waals surface area (Å²) in [6, 6.07) is 4.42. The lowest BCUT2D eigenvalue weighted by molar-refractivity contribution is 0.627. The third-order valence-electron chi connectivity index (χ3n) is 2.58. The molecule has 2 aromatic rings. The van der Waals surface area contributed by atoms with Crippen molar-refractivity contribution in [1.29, 1.82) is 0 Å². The Morgan fingerprint density at radius 2 is 2.16 bits per heavy atom. The molecule has 1 N–H and O–H groups in total. The molecule has 3 nitrogen and oxygen atoms in total. The van der Waals surface area contributed by atoms with Crippen molar-refractivity contribution in [3.63, 3.8) is 0 Å². The minimum atomic E-state index is -0.299. The molecule has 0 radical (unpaired) electrons. The molecule has 0 amide bonds. The van der Waals surface area contributed by atoms with Crippen LogP contribution in [0, 0.1) is 5.82 Å². The average molecular weight is 345 g/mol. The third kappa shape index (κ3) is 3.42. The first-order valence-corrected chi connectivity index (χ1v) is 7.00. The molecule has 1 aromatic carbocycles.